The van der Waals surface area contributed by atoms with Crippen molar-refractivity contribution in [2.24, 2.45) is 5.92 Å². The number of ether oxygens (including phenoxy) is 3. The highest BCUT2D eigenvalue weighted by Crippen LogP contribution is 2.33. The highest BCUT2D eigenvalue weighted by Gasteiger charge is 2.35. The van der Waals surface area contributed by atoms with Crippen LogP contribution in [0.3, 0.4) is 0 Å². The van der Waals surface area contributed by atoms with Gasteiger partial charge >= 0.3 is 6.03 Å². The summed E-state index contributed by atoms with van der Waals surface area (Å²) in [5.74, 6) is 2.07. The van der Waals surface area contributed by atoms with Crippen molar-refractivity contribution in [3.05, 3.63) is 23.8 Å². The number of methoxy groups -OCH3 is 1. The summed E-state index contributed by atoms with van der Waals surface area (Å²) >= 11 is 0. The quantitative estimate of drug-likeness (QED) is 0.873. The zero-order valence-corrected chi connectivity index (χ0v) is 13.0. The normalized spacial score (nSPS) is 21.5. The molecular formula is C16H22N2O4. The number of hydrogen-bond acceptors (Lipinski definition) is 4. The Hall–Kier alpha value is -1.95. The second kappa shape index (κ2) is 6.44. The fraction of sp³-hybridized carbons (Fsp3) is 0.562. The molecule has 6 heteroatoms. The van der Waals surface area contributed by atoms with Gasteiger partial charge in [-0.15, -0.1) is 0 Å². The number of urea groups is 1. The lowest BCUT2D eigenvalue weighted by Gasteiger charge is -2.23. The number of rotatable bonds is 6. The van der Waals surface area contributed by atoms with E-state index in [1.165, 1.54) is 0 Å². The average Bonchev–Trinajstić information content (AvgIpc) is 3.01. The van der Waals surface area contributed by atoms with Crippen molar-refractivity contribution < 1.29 is 19.0 Å². The van der Waals surface area contributed by atoms with Gasteiger partial charge in [-0.1, -0.05) is 13.0 Å². The van der Waals surface area contributed by atoms with Crippen molar-refractivity contribution in [2.75, 3.05) is 27.1 Å². The fourth-order valence-corrected chi connectivity index (χ4v) is 2.49. The molecule has 1 aliphatic heterocycles. The zero-order chi connectivity index (χ0) is 15.5. The first kappa shape index (κ1) is 15.0. The van der Waals surface area contributed by atoms with Crippen LogP contribution in [-0.4, -0.2) is 44.0 Å². The van der Waals surface area contributed by atoms with Gasteiger partial charge in [-0.3, -0.25) is 0 Å². The Morgan fingerprint density at radius 1 is 1.41 bits per heavy atom. The molecule has 22 heavy (non-hydrogen) atoms. The van der Waals surface area contributed by atoms with Crippen molar-refractivity contribution in [1.29, 1.82) is 0 Å². The molecule has 6 nitrogen and oxygen atoms in total. The maximum atomic E-state index is 12.4. The summed E-state index contributed by atoms with van der Waals surface area (Å²) < 4.78 is 15.8. The topological polar surface area (TPSA) is 60.0 Å². The third-order valence-corrected chi connectivity index (χ3v) is 4.08. The first-order valence-electron chi connectivity index (χ1n) is 7.60. The van der Waals surface area contributed by atoms with E-state index in [-0.39, 0.29) is 12.8 Å². The molecule has 1 fully saturated rings. The molecule has 2 atom stereocenters. The van der Waals surface area contributed by atoms with Crippen LogP contribution in [-0.2, 0) is 11.3 Å². The Morgan fingerprint density at radius 2 is 2.18 bits per heavy atom. The molecule has 0 saturated heterocycles. The number of hydrogen-bond donors (Lipinski definition) is 1. The second-order valence-corrected chi connectivity index (χ2v) is 5.87. The third kappa shape index (κ3) is 3.44. The van der Waals surface area contributed by atoms with Crippen molar-refractivity contribution in [2.45, 2.75) is 25.9 Å². The molecule has 3 rings (SSSR count). The van der Waals surface area contributed by atoms with Crippen molar-refractivity contribution in [3.8, 4) is 11.5 Å². The van der Waals surface area contributed by atoms with Gasteiger partial charge in [0.05, 0.1) is 6.61 Å². The van der Waals surface area contributed by atoms with E-state index in [1.807, 2.05) is 18.2 Å². The Kier molecular flexibility index (Phi) is 4.38. The summed E-state index contributed by atoms with van der Waals surface area (Å²) in [6.07, 6.45) is 1.06. The van der Waals surface area contributed by atoms with E-state index in [1.54, 1.807) is 12.0 Å². The van der Waals surface area contributed by atoms with Crippen LogP contribution in [0.5, 0.6) is 11.5 Å². The third-order valence-electron chi connectivity index (χ3n) is 4.08. The molecule has 2 aliphatic rings. The van der Waals surface area contributed by atoms with E-state index in [4.69, 9.17) is 14.2 Å². The minimum atomic E-state index is -0.0379. The standard InChI is InChI=1S/C16H22N2O4/c1-11-7-13(11)17-16(19)18(5-6-20-2)9-12-3-4-14-15(8-12)22-10-21-14/h3-4,8,11,13H,5-7,9-10H2,1-2H3,(H,17,19)/t11-,13-/m0/s1. The van der Waals surface area contributed by atoms with Gasteiger partial charge in [-0.25, -0.2) is 4.79 Å². The van der Waals surface area contributed by atoms with Crippen molar-refractivity contribution in [3.63, 3.8) is 0 Å². The molecule has 1 aliphatic carbocycles. The number of carbonyl (C=O) groups excluding carboxylic acids is 1. The molecule has 0 unspecified atom stereocenters. The van der Waals surface area contributed by atoms with Crippen molar-refractivity contribution in [1.82, 2.24) is 10.2 Å². The molecule has 0 radical (unpaired) electrons. The van der Waals surface area contributed by atoms with E-state index in [9.17, 15) is 4.79 Å². The van der Waals surface area contributed by atoms with Crippen LogP contribution in [0.25, 0.3) is 0 Å². The van der Waals surface area contributed by atoms with Gasteiger partial charge < -0.3 is 24.4 Å². The molecule has 1 heterocycles. The summed E-state index contributed by atoms with van der Waals surface area (Å²) in [7, 11) is 1.64. The van der Waals surface area contributed by atoms with Gasteiger partial charge in [0.2, 0.25) is 6.79 Å². The molecule has 1 N–H and O–H groups in total. The zero-order valence-electron chi connectivity index (χ0n) is 13.0. The molecule has 1 saturated carbocycles. The monoisotopic (exact) mass is 306 g/mol. The van der Waals surface area contributed by atoms with Gasteiger partial charge in [0.25, 0.3) is 0 Å². The van der Waals surface area contributed by atoms with Crippen LogP contribution in [0.4, 0.5) is 4.79 Å². The van der Waals surface area contributed by atoms with Gasteiger partial charge in [0, 0.05) is 26.2 Å². The number of nitrogens with zero attached hydrogens (tertiary/aromatic N) is 1. The van der Waals surface area contributed by atoms with E-state index in [2.05, 4.69) is 12.2 Å². The van der Waals surface area contributed by atoms with E-state index < -0.39 is 0 Å². The molecule has 0 bridgehead atoms. The number of carbonyl (C=O) groups is 1. The number of benzene rings is 1. The summed E-state index contributed by atoms with van der Waals surface area (Å²) in [5, 5.41) is 3.06. The summed E-state index contributed by atoms with van der Waals surface area (Å²) in [6.45, 7) is 3.98. The second-order valence-electron chi connectivity index (χ2n) is 5.87. The largest absolute Gasteiger partial charge is 0.454 e. The Bertz CT molecular complexity index is 549. The van der Waals surface area contributed by atoms with Crippen LogP contribution < -0.4 is 14.8 Å². The van der Waals surface area contributed by atoms with Crippen LogP contribution >= 0.6 is 0 Å². The molecule has 2 amide bonds. The van der Waals surface area contributed by atoms with Gasteiger partial charge in [0.1, 0.15) is 0 Å². The molecule has 1 aromatic rings. The summed E-state index contributed by atoms with van der Waals surface area (Å²) in [6, 6.07) is 6.04. The van der Waals surface area contributed by atoms with Gasteiger partial charge in [-0.05, 0) is 30.0 Å². The first-order chi connectivity index (χ1) is 10.7. The van der Waals surface area contributed by atoms with Crippen LogP contribution in [0.1, 0.15) is 18.9 Å². The summed E-state index contributed by atoms with van der Waals surface area (Å²) in [5.41, 5.74) is 1.01. The van der Waals surface area contributed by atoms with Gasteiger partial charge in [0.15, 0.2) is 11.5 Å². The van der Waals surface area contributed by atoms with E-state index in [0.29, 0.717) is 31.7 Å². The summed E-state index contributed by atoms with van der Waals surface area (Å²) in [4.78, 5) is 14.2. The molecule has 1 aromatic carbocycles. The Morgan fingerprint density at radius 3 is 2.91 bits per heavy atom. The first-order valence-corrected chi connectivity index (χ1v) is 7.60. The van der Waals surface area contributed by atoms with Crippen molar-refractivity contribution >= 4 is 6.03 Å². The molecule has 120 valence electrons. The predicted octanol–water partition coefficient (Wildman–Crippen LogP) is 1.98. The lowest BCUT2D eigenvalue weighted by molar-refractivity contribution is 0.146. The Balaban J connectivity index is 1.64. The number of fused-ring (bicyclic) bond motifs is 1. The maximum absolute atomic E-state index is 12.4. The maximum Gasteiger partial charge on any atom is 0.318 e. The SMILES string of the molecule is COCCN(Cc1ccc2c(c1)OCO2)C(=O)N[C@H]1C[C@@H]1C. The molecule has 0 spiro atoms. The Labute approximate surface area is 130 Å². The highest BCUT2D eigenvalue weighted by molar-refractivity contribution is 5.75. The number of amides is 2. The molecule has 0 aromatic heterocycles. The molecular weight excluding hydrogens is 284 g/mol. The minimum Gasteiger partial charge on any atom is -0.454 e. The average molecular weight is 306 g/mol. The van der Waals surface area contributed by atoms with Crippen LogP contribution in [0.15, 0.2) is 18.2 Å². The van der Waals surface area contributed by atoms with Crippen LogP contribution in [0, 0.1) is 5.92 Å². The van der Waals surface area contributed by atoms with E-state index >= 15 is 0 Å². The van der Waals surface area contributed by atoms with Crippen LogP contribution in [0.2, 0.25) is 0 Å². The number of nitrogens with one attached hydrogen (secondary N) is 1. The lowest BCUT2D eigenvalue weighted by Crippen LogP contribution is -2.42. The highest BCUT2D eigenvalue weighted by atomic mass is 16.7. The fourth-order valence-electron chi connectivity index (χ4n) is 2.49. The predicted molar refractivity (Wildman–Crippen MR) is 81.0 cm³/mol. The smallest absolute Gasteiger partial charge is 0.318 e. The van der Waals surface area contributed by atoms with E-state index in [0.717, 1.165) is 23.5 Å². The van der Waals surface area contributed by atoms with Gasteiger partial charge in [-0.2, -0.15) is 0 Å². The lowest BCUT2D eigenvalue weighted by atomic mass is 10.2. The minimum absolute atomic E-state index is 0.0379.